The molecular weight excluding hydrogens is 371 g/mol. The van der Waals surface area contributed by atoms with Gasteiger partial charge in [0.15, 0.2) is 28.2 Å². The van der Waals surface area contributed by atoms with Crippen LogP contribution in [0.5, 0.6) is 17.2 Å². The van der Waals surface area contributed by atoms with Gasteiger partial charge < -0.3 is 14.2 Å². The summed E-state index contributed by atoms with van der Waals surface area (Å²) < 4.78 is 30.0. The highest BCUT2D eigenvalue weighted by Gasteiger charge is 2.27. The van der Waals surface area contributed by atoms with E-state index in [1.54, 1.807) is 23.6 Å². The summed E-state index contributed by atoms with van der Waals surface area (Å²) in [7, 11) is 1.41. The maximum Gasteiger partial charge on any atom is 0.270 e. The summed E-state index contributed by atoms with van der Waals surface area (Å²) >= 11 is 1.25. The van der Waals surface area contributed by atoms with Crippen molar-refractivity contribution < 1.29 is 23.4 Å². The SMILES string of the molecule is COc1ccc(-c2csc(NC(=O)[C@H]3COc4ccccc4O3)n2)cc1F. The van der Waals surface area contributed by atoms with Crippen LogP contribution in [0.3, 0.4) is 0 Å². The van der Waals surface area contributed by atoms with Crippen molar-refractivity contribution in [3.63, 3.8) is 0 Å². The van der Waals surface area contributed by atoms with Crippen molar-refractivity contribution in [2.75, 3.05) is 19.0 Å². The number of para-hydroxylation sites is 2. The monoisotopic (exact) mass is 386 g/mol. The third kappa shape index (κ3) is 3.56. The van der Waals surface area contributed by atoms with Gasteiger partial charge in [-0.25, -0.2) is 9.37 Å². The van der Waals surface area contributed by atoms with Crippen molar-refractivity contribution in [1.82, 2.24) is 4.98 Å². The van der Waals surface area contributed by atoms with E-state index in [2.05, 4.69) is 10.3 Å². The van der Waals surface area contributed by atoms with Crippen molar-refractivity contribution in [2.45, 2.75) is 6.10 Å². The number of hydrogen-bond acceptors (Lipinski definition) is 6. The largest absolute Gasteiger partial charge is 0.494 e. The van der Waals surface area contributed by atoms with Gasteiger partial charge in [-0.05, 0) is 30.3 Å². The summed E-state index contributed by atoms with van der Waals surface area (Å²) in [6, 6.07) is 11.8. The van der Waals surface area contributed by atoms with Gasteiger partial charge in [-0.3, -0.25) is 10.1 Å². The standard InChI is InChI=1S/C19H15FN2O4S/c1-24-14-7-6-11(8-12(14)20)13-10-27-19(21-13)22-18(23)17-9-25-15-4-2-3-5-16(15)26-17/h2-8,10,17H,9H2,1H3,(H,21,22,23)/t17-/m1/s1. The van der Waals surface area contributed by atoms with Gasteiger partial charge >= 0.3 is 0 Å². The first-order chi connectivity index (χ1) is 13.1. The van der Waals surface area contributed by atoms with Gasteiger partial charge in [-0.15, -0.1) is 11.3 Å². The maximum absolute atomic E-state index is 13.9. The van der Waals surface area contributed by atoms with Crippen LogP contribution < -0.4 is 19.5 Å². The molecule has 0 spiro atoms. The number of methoxy groups -OCH3 is 1. The fourth-order valence-electron chi connectivity index (χ4n) is 2.62. The number of nitrogens with one attached hydrogen (secondary N) is 1. The summed E-state index contributed by atoms with van der Waals surface area (Å²) in [6.45, 7) is 0.116. The Labute approximate surface area is 158 Å². The number of ether oxygens (including phenoxy) is 3. The lowest BCUT2D eigenvalue weighted by atomic mass is 10.1. The van der Waals surface area contributed by atoms with Gasteiger partial charge in [-0.2, -0.15) is 0 Å². The highest BCUT2D eigenvalue weighted by Crippen LogP contribution is 2.32. The number of fused-ring (bicyclic) bond motifs is 1. The molecule has 138 valence electrons. The van der Waals surface area contributed by atoms with Gasteiger partial charge in [-0.1, -0.05) is 12.1 Å². The lowest BCUT2D eigenvalue weighted by Gasteiger charge is -2.25. The van der Waals surface area contributed by atoms with Crippen molar-refractivity contribution in [3.05, 3.63) is 53.7 Å². The van der Waals surface area contributed by atoms with Crippen molar-refractivity contribution >= 4 is 22.4 Å². The molecule has 1 aromatic heterocycles. The summed E-state index contributed by atoms with van der Waals surface area (Å²) in [4.78, 5) is 16.8. The second-order valence-corrected chi connectivity index (χ2v) is 6.60. The zero-order valence-corrected chi connectivity index (χ0v) is 15.1. The predicted molar refractivity (Wildman–Crippen MR) is 99.0 cm³/mol. The molecule has 0 aliphatic carbocycles. The van der Waals surface area contributed by atoms with Gasteiger partial charge in [0.1, 0.15) is 6.61 Å². The van der Waals surface area contributed by atoms with E-state index in [0.717, 1.165) is 0 Å². The minimum Gasteiger partial charge on any atom is -0.494 e. The molecule has 0 saturated carbocycles. The molecule has 8 heteroatoms. The zero-order valence-electron chi connectivity index (χ0n) is 14.3. The molecule has 3 aromatic rings. The predicted octanol–water partition coefficient (Wildman–Crippen LogP) is 3.74. The molecule has 0 unspecified atom stereocenters. The molecule has 6 nitrogen and oxygen atoms in total. The number of hydrogen-bond donors (Lipinski definition) is 1. The molecule has 4 rings (SSSR count). The Balaban J connectivity index is 1.45. The van der Waals surface area contributed by atoms with E-state index in [4.69, 9.17) is 14.2 Å². The fourth-order valence-corrected chi connectivity index (χ4v) is 3.35. The molecule has 1 aliphatic heterocycles. The number of anilines is 1. The number of carbonyl (C=O) groups is 1. The lowest BCUT2D eigenvalue weighted by molar-refractivity contribution is -0.125. The van der Waals surface area contributed by atoms with Crippen LogP contribution in [-0.4, -0.2) is 30.7 Å². The van der Waals surface area contributed by atoms with E-state index in [9.17, 15) is 9.18 Å². The quantitative estimate of drug-likeness (QED) is 0.740. The number of aromatic nitrogens is 1. The maximum atomic E-state index is 13.9. The highest BCUT2D eigenvalue weighted by molar-refractivity contribution is 7.14. The molecule has 0 radical (unpaired) electrons. The number of nitrogens with zero attached hydrogens (tertiary/aromatic N) is 1. The molecular formula is C19H15FN2O4S. The van der Waals surface area contributed by atoms with Crippen LogP contribution in [0.1, 0.15) is 0 Å². The van der Waals surface area contributed by atoms with Crippen LogP contribution in [0, 0.1) is 5.82 Å². The molecule has 1 amide bonds. The third-order valence-corrected chi connectivity index (χ3v) is 4.74. The van der Waals surface area contributed by atoms with Gasteiger partial charge in [0.25, 0.3) is 5.91 Å². The van der Waals surface area contributed by atoms with Gasteiger partial charge in [0, 0.05) is 10.9 Å². The summed E-state index contributed by atoms with van der Waals surface area (Å²) in [6.07, 6.45) is -0.773. The summed E-state index contributed by atoms with van der Waals surface area (Å²) in [5.41, 5.74) is 1.15. The Morgan fingerprint density at radius 3 is 2.89 bits per heavy atom. The Kier molecular flexibility index (Phi) is 4.64. The summed E-state index contributed by atoms with van der Waals surface area (Å²) in [5, 5.41) is 4.85. The average molecular weight is 386 g/mol. The van der Waals surface area contributed by atoms with Crippen LogP contribution in [0.15, 0.2) is 47.8 Å². The Bertz CT molecular complexity index is 991. The van der Waals surface area contributed by atoms with Crippen LogP contribution in [0.25, 0.3) is 11.3 Å². The number of halogens is 1. The van der Waals surface area contributed by atoms with Crippen molar-refractivity contribution in [1.29, 1.82) is 0 Å². The Morgan fingerprint density at radius 2 is 2.11 bits per heavy atom. The third-order valence-electron chi connectivity index (χ3n) is 3.98. The topological polar surface area (TPSA) is 69.7 Å². The second-order valence-electron chi connectivity index (χ2n) is 5.74. The van der Waals surface area contributed by atoms with E-state index in [1.807, 2.05) is 12.1 Å². The molecule has 0 fully saturated rings. The minimum absolute atomic E-state index is 0.116. The van der Waals surface area contributed by atoms with E-state index >= 15 is 0 Å². The van der Waals surface area contributed by atoms with E-state index in [0.29, 0.717) is 27.9 Å². The number of thiazole rings is 1. The molecule has 0 bridgehead atoms. The number of benzene rings is 2. The fraction of sp³-hybridized carbons (Fsp3) is 0.158. The van der Waals surface area contributed by atoms with Crippen molar-refractivity contribution in [3.8, 4) is 28.5 Å². The molecule has 27 heavy (non-hydrogen) atoms. The van der Waals surface area contributed by atoms with E-state index < -0.39 is 11.9 Å². The first-order valence-electron chi connectivity index (χ1n) is 8.13. The lowest BCUT2D eigenvalue weighted by Crippen LogP contribution is -2.40. The first-order valence-corrected chi connectivity index (χ1v) is 9.01. The normalized spacial score (nSPS) is 15.3. The Hall–Kier alpha value is -3.13. The zero-order chi connectivity index (χ0) is 18.8. The molecule has 0 saturated heterocycles. The minimum atomic E-state index is -0.773. The number of carbonyl (C=O) groups excluding carboxylic acids is 1. The number of rotatable bonds is 4. The van der Waals surface area contributed by atoms with Gasteiger partial charge in [0.2, 0.25) is 6.10 Å². The highest BCUT2D eigenvalue weighted by atomic mass is 32.1. The smallest absolute Gasteiger partial charge is 0.270 e. The van der Waals surface area contributed by atoms with E-state index in [-0.39, 0.29) is 18.3 Å². The summed E-state index contributed by atoms with van der Waals surface area (Å²) in [5.74, 6) is 0.473. The first kappa shape index (κ1) is 17.3. The second kappa shape index (κ2) is 7.24. The van der Waals surface area contributed by atoms with Crippen molar-refractivity contribution in [2.24, 2.45) is 0 Å². The molecule has 1 atom stereocenters. The molecule has 2 aromatic carbocycles. The van der Waals surface area contributed by atoms with Crippen LogP contribution in [0.4, 0.5) is 9.52 Å². The van der Waals surface area contributed by atoms with Gasteiger partial charge in [0.05, 0.1) is 12.8 Å². The van der Waals surface area contributed by atoms with Crippen LogP contribution in [0.2, 0.25) is 0 Å². The van der Waals surface area contributed by atoms with Crippen LogP contribution >= 0.6 is 11.3 Å². The van der Waals surface area contributed by atoms with Crippen LogP contribution in [-0.2, 0) is 4.79 Å². The molecule has 2 heterocycles. The Morgan fingerprint density at radius 1 is 1.30 bits per heavy atom. The average Bonchev–Trinajstić information content (AvgIpc) is 3.16. The number of amides is 1. The van der Waals surface area contributed by atoms with E-state index in [1.165, 1.54) is 30.6 Å². The molecule has 1 aliphatic rings. The molecule has 1 N–H and O–H groups in total.